The van der Waals surface area contributed by atoms with Crippen LogP contribution < -0.4 is 15.2 Å². The Morgan fingerprint density at radius 1 is 1.20 bits per heavy atom. The van der Waals surface area contributed by atoms with E-state index in [0.29, 0.717) is 30.2 Å². The molecule has 25 heavy (non-hydrogen) atoms. The van der Waals surface area contributed by atoms with Crippen LogP contribution in [0.5, 0.6) is 11.5 Å². The average molecular weight is 343 g/mol. The van der Waals surface area contributed by atoms with Crippen LogP contribution in [0.3, 0.4) is 0 Å². The molecule has 0 spiro atoms. The number of hydrogen-bond donors (Lipinski definition) is 1. The van der Waals surface area contributed by atoms with Gasteiger partial charge in [0.25, 0.3) is 5.69 Å². The van der Waals surface area contributed by atoms with Crippen LogP contribution in [-0.4, -0.2) is 29.6 Å². The lowest BCUT2D eigenvalue weighted by Gasteiger charge is -2.17. The number of ether oxygens (including phenoxy) is 2. The molecule has 0 saturated heterocycles. The summed E-state index contributed by atoms with van der Waals surface area (Å²) in [5.41, 5.74) is 6.70. The van der Waals surface area contributed by atoms with Gasteiger partial charge < -0.3 is 15.2 Å². The van der Waals surface area contributed by atoms with Gasteiger partial charge in [0.1, 0.15) is 0 Å². The lowest BCUT2D eigenvalue weighted by Crippen LogP contribution is -2.18. The number of carbonyl (C=O) groups excluding carboxylic acids is 1. The lowest BCUT2D eigenvalue weighted by atomic mass is 10.1. The molecule has 0 fully saturated rings. The Morgan fingerprint density at radius 3 is 2.68 bits per heavy atom. The Bertz CT molecular complexity index is 837. The summed E-state index contributed by atoms with van der Waals surface area (Å²) in [5, 5.41) is 11.3. The molecule has 0 radical (unpaired) electrons. The smallest absolute Gasteiger partial charge is 0.274 e. The first-order chi connectivity index (χ1) is 11.9. The number of amides is 1. The Hall–Kier alpha value is -3.13. The number of nitro groups is 1. The summed E-state index contributed by atoms with van der Waals surface area (Å²) < 4.78 is 10.6. The highest BCUT2D eigenvalue weighted by Crippen LogP contribution is 2.33. The van der Waals surface area contributed by atoms with Gasteiger partial charge >= 0.3 is 0 Å². The molecule has 1 heterocycles. The number of nitrogens with two attached hydrogens (primary N) is 1. The van der Waals surface area contributed by atoms with Crippen LogP contribution in [0.4, 0.5) is 5.69 Å². The van der Waals surface area contributed by atoms with Crippen molar-refractivity contribution in [1.82, 2.24) is 4.90 Å². The van der Waals surface area contributed by atoms with Gasteiger partial charge in [-0.25, -0.2) is 0 Å². The second-order valence-corrected chi connectivity index (χ2v) is 5.82. The molecule has 1 aliphatic heterocycles. The summed E-state index contributed by atoms with van der Waals surface area (Å²) in [5.74, 6) is 0.718. The highest BCUT2D eigenvalue weighted by molar-refractivity contribution is 5.93. The van der Waals surface area contributed by atoms with E-state index < -0.39 is 10.8 Å². The minimum absolute atomic E-state index is 0.117. The fourth-order valence-corrected chi connectivity index (χ4v) is 2.72. The van der Waals surface area contributed by atoms with Crippen molar-refractivity contribution in [1.29, 1.82) is 0 Å². The van der Waals surface area contributed by atoms with Crippen LogP contribution in [0.1, 0.15) is 21.5 Å². The van der Waals surface area contributed by atoms with E-state index in [2.05, 4.69) is 0 Å². The highest BCUT2D eigenvalue weighted by atomic mass is 16.7. The predicted octanol–water partition coefficient (Wildman–Crippen LogP) is 2.05. The molecular weight excluding hydrogens is 326 g/mol. The topological polar surface area (TPSA) is 108 Å². The van der Waals surface area contributed by atoms with Gasteiger partial charge in [-0.1, -0.05) is 12.1 Å². The Morgan fingerprint density at radius 2 is 1.96 bits per heavy atom. The SMILES string of the molecule is CN(Cc1ccc2c(c1)OCO2)Cc1ccc(C(N)=O)cc1[N+](=O)[O-]. The molecule has 2 aromatic carbocycles. The lowest BCUT2D eigenvalue weighted by molar-refractivity contribution is -0.385. The number of benzene rings is 2. The Labute approximate surface area is 143 Å². The van der Waals surface area contributed by atoms with Crippen molar-refractivity contribution in [2.45, 2.75) is 13.1 Å². The number of primary amides is 1. The molecule has 0 bridgehead atoms. The maximum Gasteiger partial charge on any atom is 0.274 e. The zero-order chi connectivity index (χ0) is 18.0. The molecule has 8 nitrogen and oxygen atoms in total. The van der Waals surface area contributed by atoms with Crippen molar-refractivity contribution >= 4 is 11.6 Å². The van der Waals surface area contributed by atoms with Crippen LogP contribution in [0.25, 0.3) is 0 Å². The van der Waals surface area contributed by atoms with Gasteiger partial charge in [-0.2, -0.15) is 0 Å². The molecule has 2 aromatic rings. The second kappa shape index (κ2) is 6.78. The average Bonchev–Trinajstić information content (AvgIpc) is 3.02. The van der Waals surface area contributed by atoms with Gasteiger partial charge in [0.15, 0.2) is 11.5 Å². The van der Waals surface area contributed by atoms with Crippen molar-refractivity contribution in [3.8, 4) is 11.5 Å². The summed E-state index contributed by atoms with van der Waals surface area (Å²) in [4.78, 5) is 23.9. The summed E-state index contributed by atoms with van der Waals surface area (Å²) in [7, 11) is 1.86. The van der Waals surface area contributed by atoms with E-state index >= 15 is 0 Å². The number of rotatable bonds is 6. The Kier molecular flexibility index (Phi) is 4.53. The number of carbonyl (C=O) groups is 1. The summed E-state index contributed by atoms with van der Waals surface area (Å²) in [6.07, 6.45) is 0. The van der Waals surface area contributed by atoms with Crippen molar-refractivity contribution in [2.24, 2.45) is 5.73 Å². The van der Waals surface area contributed by atoms with Crippen LogP contribution in [0.2, 0.25) is 0 Å². The first-order valence-corrected chi connectivity index (χ1v) is 7.58. The van der Waals surface area contributed by atoms with Crippen molar-refractivity contribution in [3.05, 3.63) is 63.2 Å². The maximum absolute atomic E-state index is 11.3. The van der Waals surface area contributed by atoms with Gasteiger partial charge in [-0.05, 0) is 30.8 Å². The summed E-state index contributed by atoms with van der Waals surface area (Å²) >= 11 is 0. The third kappa shape index (κ3) is 3.69. The molecule has 1 aliphatic rings. The monoisotopic (exact) mass is 343 g/mol. The van der Waals surface area contributed by atoms with E-state index in [-0.39, 0.29) is 18.0 Å². The van der Waals surface area contributed by atoms with Gasteiger partial charge in [-0.3, -0.25) is 19.8 Å². The molecule has 3 rings (SSSR count). The number of hydrogen-bond acceptors (Lipinski definition) is 6. The molecule has 130 valence electrons. The molecule has 1 amide bonds. The van der Waals surface area contributed by atoms with Crippen molar-refractivity contribution in [2.75, 3.05) is 13.8 Å². The second-order valence-electron chi connectivity index (χ2n) is 5.82. The van der Waals surface area contributed by atoms with Crippen LogP contribution in [-0.2, 0) is 13.1 Å². The fourth-order valence-electron chi connectivity index (χ4n) is 2.72. The van der Waals surface area contributed by atoms with Crippen LogP contribution in [0, 0.1) is 10.1 Å². The number of fused-ring (bicyclic) bond motifs is 1. The fraction of sp³-hybridized carbons (Fsp3) is 0.235. The normalized spacial score (nSPS) is 12.4. The standard InChI is InChI=1S/C17H17N3O5/c1-19(8-11-2-5-15-16(6-11)25-10-24-15)9-13-4-3-12(17(18)21)7-14(13)20(22)23/h2-7H,8-10H2,1H3,(H2,18,21). The van der Waals surface area contributed by atoms with E-state index in [0.717, 1.165) is 5.56 Å². The third-order valence-electron chi connectivity index (χ3n) is 3.90. The van der Waals surface area contributed by atoms with E-state index in [1.165, 1.54) is 12.1 Å². The van der Waals surface area contributed by atoms with Gasteiger partial charge in [0, 0.05) is 30.3 Å². The molecule has 2 N–H and O–H groups in total. The first kappa shape index (κ1) is 16.7. The molecule has 0 saturated carbocycles. The van der Waals surface area contributed by atoms with Gasteiger partial charge in [0.05, 0.1) is 4.92 Å². The largest absolute Gasteiger partial charge is 0.454 e. The third-order valence-corrected chi connectivity index (χ3v) is 3.90. The number of nitro benzene ring substituents is 1. The van der Waals surface area contributed by atoms with E-state index in [1.54, 1.807) is 6.07 Å². The zero-order valence-electron chi connectivity index (χ0n) is 13.6. The zero-order valence-corrected chi connectivity index (χ0v) is 13.6. The molecule has 0 unspecified atom stereocenters. The minimum atomic E-state index is -0.691. The minimum Gasteiger partial charge on any atom is -0.454 e. The molecule has 8 heteroatoms. The summed E-state index contributed by atoms with van der Waals surface area (Å²) in [6.45, 7) is 1.14. The molecule has 0 atom stereocenters. The molecule has 0 aliphatic carbocycles. The van der Waals surface area contributed by atoms with E-state index in [9.17, 15) is 14.9 Å². The van der Waals surface area contributed by atoms with E-state index in [1.807, 2.05) is 30.1 Å². The van der Waals surface area contributed by atoms with E-state index in [4.69, 9.17) is 15.2 Å². The summed E-state index contributed by atoms with van der Waals surface area (Å²) in [6, 6.07) is 9.94. The van der Waals surface area contributed by atoms with Gasteiger partial charge in [-0.15, -0.1) is 0 Å². The maximum atomic E-state index is 11.3. The van der Waals surface area contributed by atoms with Crippen molar-refractivity contribution in [3.63, 3.8) is 0 Å². The predicted molar refractivity (Wildman–Crippen MR) is 89.4 cm³/mol. The van der Waals surface area contributed by atoms with Crippen molar-refractivity contribution < 1.29 is 19.2 Å². The first-order valence-electron chi connectivity index (χ1n) is 7.58. The van der Waals surface area contributed by atoms with Crippen LogP contribution >= 0.6 is 0 Å². The quantitative estimate of drug-likeness (QED) is 0.635. The molecule has 0 aromatic heterocycles. The van der Waals surface area contributed by atoms with Crippen LogP contribution in [0.15, 0.2) is 36.4 Å². The highest BCUT2D eigenvalue weighted by Gasteiger charge is 2.18. The molecular formula is C17H17N3O5. The number of nitrogens with zero attached hydrogens (tertiary/aromatic N) is 2. The van der Waals surface area contributed by atoms with Gasteiger partial charge in [0.2, 0.25) is 12.7 Å². The Balaban J connectivity index is 1.75.